The number of benzene rings is 3. The summed E-state index contributed by atoms with van der Waals surface area (Å²) in [5.41, 5.74) is 5.95. The van der Waals surface area contributed by atoms with Crippen LogP contribution >= 0.6 is 15.9 Å². The first-order valence-electron chi connectivity index (χ1n) is 13.4. The number of carbonyl (C=O) groups is 1. The molecule has 196 valence electrons. The Balaban J connectivity index is 1.05. The average Bonchev–Trinajstić information content (AvgIpc) is 3.44. The highest BCUT2D eigenvalue weighted by Gasteiger charge is 2.25. The van der Waals surface area contributed by atoms with Gasteiger partial charge in [-0.1, -0.05) is 82.7 Å². The summed E-state index contributed by atoms with van der Waals surface area (Å²) in [6, 6.07) is 31.7. The zero-order valence-electron chi connectivity index (χ0n) is 21.7. The molecule has 6 aromatic rings. The number of fused-ring (bicyclic) bond motifs is 2. The van der Waals surface area contributed by atoms with Crippen molar-refractivity contribution in [3.8, 4) is 22.3 Å². The number of hydrogen-bond donors (Lipinski definition) is 0. The van der Waals surface area contributed by atoms with Crippen LogP contribution in [0.3, 0.4) is 0 Å². The quantitative estimate of drug-likeness (QED) is 0.224. The molecule has 1 aliphatic heterocycles. The van der Waals surface area contributed by atoms with Crippen LogP contribution in [-0.2, 0) is 0 Å². The van der Waals surface area contributed by atoms with E-state index < -0.39 is 0 Å². The summed E-state index contributed by atoms with van der Waals surface area (Å²) in [4.78, 5) is 26.5. The first-order chi connectivity index (χ1) is 19.6. The number of piperazine rings is 1. The topological polar surface area (TPSA) is 53.7 Å². The summed E-state index contributed by atoms with van der Waals surface area (Å²) in [6.07, 6.45) is 5.57. The summed E-state index contributed by atoms with van der Waals surface area (Å²) in [7, 11) is 0. The standard InChI is InChI=1S/C33H26BrN5O/c34-27-13-15-39-22-30(36-32(39)21-27)33(40)38-18-16-37(17-19-38)31-20-26(12-14-35-31)23-8-10-25(11-9-23)29-7-3-5-24-4-1-2-6-28(24)29/h1-15,20-22H,16-19H2. The van der Waals surface area contributed by atoms with Gasteiger partial charge in [0.05, 0.1) is 0 Å². The molecule has 3 aromatic heterocycles. The molecule has 3 aromatic carbocycles. The lowest BCUT2D eigenvalue weighted by Gasteiger charge is -2.35. The molecule has 4 heterocycles. The second-order valence-corrected chi connectivity index (χ2v) is 10.9. The minimum Gasteiger partial charge on any atom is -0.353 e. The van der Waals surface area contributed by atoms with E-state index in [9.17, 15) is 4.79 Å². The number of halogens is 1. The second-order valence-electron chi connectivity index (χ2n) is 10.0. The van der Waals surface area contributed by atoms with E-state index in [2.05, 4.69) is 110 Å². The molecule has 0 bridgehead atoms. The minimum absolute atomic E-state index is 0.0348. The zero-order chi connectivity index (χ0) is 27.1. The third-order valence-electron chi connectivity index (χ3n) is 7.60. The van der Waals surface area contributed by atoms with Crippen molar-refractivity contribution in [2.75, 3.05) is 31.1 Å². The molecule has 7 rings (SSSR count). The van der Waals surface area contributed by atoms with Crippen LogP contribution in [0.1, 0.15) is 10.5 Å². The molecular formula is C33H26BrN5O. The van der Waals surface area contributed by atoms with Gasteiger partial charge in [-0.15, -0.1) is 0 Å². The van der Waals surface area contributed by atoms with Crippen molar-refractivity contribution in [2.45, 2.75) is 0 Å². The van der Waals surface area contributed by atoms with Gasteiger partial charge < -0.3 is 14.2 Å². The summed E-state index contributed by atoms with van der Waals surface area (Å²) in [5.74, 6) is 0.896. The third-order valence-corrected chi connectivity index (χ3v) is 8.09. The fourth-order valence-corrected chi connectivity index (χ4v) is 5.77. The summed E-state index contributed by atoms with van der Waals surface area (Å²) >= 11 is 3.46. The minimum atomic E-state index is -0.0348. The lowest BCUT2D eigenvalue weighted by atomic mass is 9.96. The number of amides is 1. The van der Waals surface area contributed by atoms with E-state index in [1.807, 2.05) is 33.8 Å². The van der Waals surface area contributed by atoms with Gasteiger partial charge in [0.1, 0.15) is 17.2 Å². The van der Waals surface area contributed by atoms with E-state index in [-0.39, 0.29) is 5.91 Å². The van der Waals surface area contributed by atoms with Gasteiger partial charge in [-0.3, -0.25) is 4.79 Å². The van der Waals surface area contributed by atoms with Crippen LogP contribution < -0.4 is 4.90 Å². The smallest absolute Gasteiger partial charge is 0.274 e. The Labute approximate surface area is 240 Å². The maximum Gasteiger partial charge on any atom is 0.274 e. The van der Waals surface area contributed by atoms with E-state index in [4.69, 9.17) is 0 Å². The molecule has 0 radical (unpaired) electrons. The van der Waals surface area contributed by atoms with E-state index in [1.165, 1.54) is 21.9 Å². The summed E-state index contributed by atoms with van der Waals surface area (Å²) < 4.78 is 2.81. The second kappa shape index (κ2) is 10.2. The van der Waals surface area contributed by atoms with Gasteiger partial charge in [-0.2, -0.15) is 0 Å². The predicted molar refractivity (Wildman–Crippen MR) is 164 cm³/mol. The van der Waals surface area contributed by atoms with Gasteiger partial charge in [-0.25, -0.2) is 9.97 Å². The molecule has 0 atom stereocenters. The molecule has 1 fully saturated rings. The third kappa shape index (κ3) is 4.62. The Kier molecular flexibility index (Phi) is 6.28. The fraction of sp³-hybridized carbons (Fsp3) is 0.121. The predicted octanol–water partition coefficient (Wildman–Crippen LogP) is 6.94. The van der Waals surface area contributed by atoms with E-state index in [0.717, 1.165) is 40.2 Å². The van der Waals surface area contributed by atoms with E-state index in [0.29, 0.717) is 18.8 Å². The Morgan fingerprint density at radius 3 is 2.40 bits per heavy atom. The van der Waals surface area contributed by atoms with Crippen LogP contribution in [0.5, 0.6) is 0 Å². The van der Waals surface area contributed by atoms with Crippen molar-refractivity contribution in [2.24, 2.45) is 0 Å². The number of pyridine rings is 2. The number of anilines is 1. The van der Waals surface area contributed by atoms with Gasteiger partial charge in [0.2, 0.25) is 0 Å². The average molecular weight is 589 g/mol. The van der Waals surface area contributed by atoms with Gasteiger partial charge >= 0.3 is 0 Å². The zero-order valence-corrected chi connectivity index (χ0v) is 23.3. The normalized spacial score (nSPS) is 13.7. The van der Waals surface area contributed by atoms with Crippen molar-refractivity contribution in [3.05, 3.63) is 120 Å². The highest BCUT2D eigenvalue weighted by atomic mass is 79.9. The number of imidazole rings is 1. The molecule has 0 aliphatic carbocycles. The van der Waals surface area contributed by atoms with Gasteiger partial charge in [0.25, 0.3) is 5.91 Å². The number of aromatic nitrogens is 3. The lowest BCUT2D eigenvalue weighted by molar-refractivity contribution is 0.0741. The van der Waals surface area contributed by atoms with Crippen LogP contribution in [-0.4, -0.2) is 51.4 Å². The van der Waals surface area contributed by atoms with Crippen molar-refractivity contribution in [3.63, 3.8) is 0 Å². The summed E-state index contributed by atoms with van der Waals surface area (Å²) in [5, 5.41) is 2.51. The van der Waals surface area contributed by atoms with Gasteiger partial charge in [0, 0.05) is 49.2 Å². The highest BCUT2D eigenvalue weighted by Crippen LogP contribution is 2.31. The molecule has 1 aliphatic rings. The van der Waals surface area contributed by atoms with E-state index in [1.54, 1.807) is 6.20 Å². The highest BCUT2D eigenvalue weighted by molar-refractivity contribution is 9.10. The monoisotopic (exact) mass is 587 g/mol. The first kappa shape index (κ1) is 24.5. The molecule has 40 heavy (non-hydrogen) atoms. The van der Waals surface area contributed by atoms with Crippen LogP contribution in [0.25, 0.3) is 38.7 Å². The lowest BCUT2D eigenvalue weighted by Crippen LogP contribution is -2.49. The summed E-state index contributed by atoms with van der Waals surface area (Å²) in [6.45, 7) is 2.70. The maximum atomic E-state index is 13.1. The SMILES string of the molecule is O=C(c1cn2ccc(Br)cc2n1)N1CCN(c2cc(-c3ccc(-c4cccc5ccccc45)cc3)ccn2)CC1. The van der Waals surface area contributed by atoms with Crippen molar-refractivity contribution in [1.82, 2.24) is 19.3 Å². The van der Waals surface area contributed by atoms with Crippen LogP contribution in [0.2, 0.25) is 0 Å². The molecule has 6 nitrogen and oxygen atoms in total. The molecule has 0 spiro atoms. The Morgan fingerprint density at radius 1 is 0.775 bits per heavy atom. The molecule has 0 unspecified atom stereocenters. The number of rotatable bonds is 4. The maximum absolute atomic E-state index is 13.1. The van der Waals surface area contributed by atoms with Crippen molar-refractivity contribution >= 4 is 44.1 Å². The van der Waals surface area contributed by atoms with Crippen LogP contribution in [0.4, 0.5) is 5.82 Å². The van der Waals surface area contributed by atoms with E-state index >= 15 is 0 Å². The number of hydrogen-bond acceptors (Lipinski definition) is 4. The molecule has 1 saturated heterocycles. The molecule has 0 saturated carbocycles. The van der Waals surface area contributed by atoms with Gasteiger partial charge in [0.15, 0.2) is 0 Å². The first-order valence-corrected chi connectivity index (χ1v) is 14.1. The van der Waals surface area contributed by atoms with Crippen molar-refractivity contribution < 1.29 is 4.79 Å². The number of carbonyl (C=O) groups excluding carboxylic acids is 1. The molecular weight excluding hydrogens is 562 g/mol. The van der Waals surface area contributed by atoms with Crippen LogP contribution in [0, 0.1) is 0 Å². The van der Waals surface area contributed by atoms with Crippen LogP contribution in [0.15, 0.2) is 114 Å². The van der Waals surface area contributed by atoms with Crippen molar-refractivity contribution in [1.29, 1.82) is 0 Å². The Bertz CT molecular complexity index is 1850. The fourth-order valence-electron chi connectivity index (χ4n) is 5.45. The van der Waals surface area contributed by atoms with Gasteiger partial charge in [-0.05, 0) is 57.3 Å². The molecule has 1 amide bonds. The number of nitrogens with zero attached hydrogens (tertiary/aromatic N) is 5. The Hall–Kier alpha value is -4.49. The molecule has 0 N–H and O–H groups in total. The largest absolute Gasteiger partial charge is 0.353 e. The Morgan fingerprint density at radius 2 is 1.55 bits per heavy atom. The molecule has 7 heteroatoms.